The number of rotatable bonds is 3. The van der Waals surface area contributed by atoms with Crippen molar-refractivity contribution in [3.63, 3.8) is 0 Å². The third kappa shape index (κ3) is 4.11. The number of piperidine rings is 1. The third-order valence-corrected chi connectivity index (χ3v) is 3.98. The third-order valence-electron chi connectivity index (χ3n) is 3.98. The fourth-order valence-electron chi connectivity index (χ4n) is 2.77. The van der Waals surface area contributed by atoms with E-state index in [-0.39, 0.29) is 24.4 Å². The van der Waals surface area contributed by atoms with Crippen LogP contribution in [-0.2, 0) is 4.79 Å². The summed E-state index contributed by atoms with van der Waals surface area (Å²) in [7, 11) is 0. The molecule has 0 spiro atoms. The lowest BCUT2D eigenvalue weighted by Gasteiger charge is -2.35. The second-order valence-electron chi connectivity index (χ2n) is 5.56. The van der Waals surface area contributed by atoms with Crippen molar-refractivity contribution in [3.05, 3.63) is 0 Å². The molecule has 1 unspecified atom stereocenters. The minimum absolute atomic E-state index is 0. The van der Waals surface area contributed by atoms with Crippen molar-refractivity contribution in [2.24, 2.45) is 0 Å². The maximum Gasteiger partial charge on any atom is 0.237 e. The van der Waals surface area contributed by atoms with Crippen LogP contribution in [0.5, 0.6) is 0 Å². The molecule has 0 aliphatic carbocycles. The minimum Gasteiger partial charge on any atom is -0.352 e. The molecule has 2 rings (SSSR count). The van der Waals surface area contributed by atoms with Crippen LogP contribution < -0.4 is 10.6 Å². The number of nitrogens with zero attached hydrogens (tertiary/aromatic N) is 1. The topological polar surface area (TPSA) is 44.4 Å². The van der Waals surface area contributed by atoms with Gasteiger partial charge in [-0.15, -0.1) is 12.4 Å². The van der Waals surface area contributed by atoms with E-state index in [0.29, 0.717) is 12.1 Å². The van der Waals surface area contributed by atoms with Crippen LogP contribution in [0, 0.1) is 0 Å². The maximum atomic E-state index is 11.9. The zero-order chi connectivity index (χ0) is 12.3. The van der Waals surface area contributed by atoms with Crippen molar-refractivity contribution in [2.75, 3.05) is 19.6 Å². The molecule has 5 heteroatoms. The fraction of sp³-hybridized carbons (Fsp3) is 0.923. The highest BCUT2D eigenvalue weighted by Crippen LogP contribution is 2.14. The zero-order valence-electron chi connectivity index (χ0n) is 11.4. The molecular weight excluding hydrogens is 250 g/mol. The average molecular weight is 276 g/mol. The van der Waals surface area contributed by atoms with Gasteiger partial charge in [0.25, 0.3) is 0 Å². The molecule has 2 aliphatic rings. The predicted octanol–water partition coefficient (Wildman–Crippen LogP) is 1.15. The number of hydrogen-bond donors (Lipinski definition) is 2. The summed E-state index contributed by atoms with van der Waals surface area (Å²) < 4.78 is 0. The summed E-state index contributed by atoms with van der Waals surface area (Å²) in [5.41, 5.74) is 0. The van der Waals surface area contributed by atoms with E-state index < -0.39 is 0 Å². The molecule has 1 atom stereocenters. The first-order chi connectivity index (χ1) is 8.16. The fourth-order valence-corrected chi connectivity index (χ4v) is 2.77. The summed E-state index contributed by atoms with van der Waals surface area (Å²) in [5.74, 6) is 0.213. The van der Waals surface area contributed by atoms with Gasteiger partial charge in [-0.2, -0.15) is 0 Å². The molecule has 106 valence electrons. The molecule has 2 aliphatic heterocycles. The first-order valence-electron chi connectivity index (χ1n) is 6.94. The van der Waals surface area contributed by atoms with E-state index in [2.05, 4.69) is 29.4 Å². The molecule has 0 aromatic carbocycles. The van der Waals surface area contributed by atoms with Crippen LogP contribution in [0.1, 0.15) is 39.5 Å². The van der Waals surface area contributed by atoms with E-state index in [1.165, 1.54) is 0 Å². The van der Waals surface area contributed by atoms with Gasteiger partial charge in [-0.1, -0.05) is 0 Å². The van der Waals surface area contributed by atoms with E-state index in [4.69, 9.17) is 0 Å². The van der Waals surface area contributed by atoms with Crippen molar-refractivity contribution in [1.82, 2.24) is 15.5 Å². The first kappa shape index (κ1) is 15.7. The Kier molecular flexibility index (Phi) is 6.39. The zero-order valence-corrected chi connectivity index (χ0v) is 12.3. The Morgan fingerprint density at radius 2 is 1.94 bits per heavy atom. The minimum atomic E-state index is 0. The first-order valence-corrected chi connectivity index (χ1v) is 6.94. The largest absolute Gasteiger partial charge is 0.352 e. The van der Waals surface area contributed by atoms with Crippen molar-refractivity contribution < 1.29 is 4.79 Å². The molecule has 0 bridgehead atoms. The highest BCUT2D eigenvalue weighted by Gasteiger charge is 2.26. The molecule has 0 radical (unpaired) electrons. The lowest BCUT2D eigenvalue weighted by molar-refractivity contribution is -0.123. The van der Waals surface area contributed by atoms with Gasteiger partial charge in [0.1, 0.15) is 0 Å². The van der Waals surface area contributed by atoms with Crippen LogP contribution in [0.3, 0.4) is 0 Å². The Balaban J connectivity index is 0.00000162. The smallest absolute Gasteiger partial charge is 0.237 e. The highest BCUT2D eigenvalue weighted by atomic mass is 35.5. The molecule has 2 N–H and O–H groups in total. The second kappa shape index (κ2) is 7.31. The number of amides is 1. The maximum absolute atomic E-state index is 11.9. The van der Waals surface area contributed by atoms with Crippen LogP contribution in [-0.4, -0.2) is 48.6 Å². The van der Waals surface area contributed by atoms with Gasteiger partial charge in [-0.25, -0.2) is 0 Å². The van der Waals surface area contributed by atoms with Crippen LogP contribution in [0.2, 0.25) is 0 Å². The second-order valence-corrected chi connectivity index (χ2v) is 5.56. The summed E-state index contributed by atoms with van der Waals surface area (Å²) in [6.07, 6.45) is 4.31. The van der Waals surface area contributed by atoms with Crippen molar-refractivity contribution >= 4 is 18.3 Å². The van der Waals surface area contributed by atoms with Crippen molar-refractivity contribution in [1.29, 1.82) is 0 Å². The van der Waals surface area contributed by atoms with E-state index in [1.807, 2.05) is 0 Å². The van der Waals surface area contributed by atoms with E-state index >= 15 is 0 Å². The van der Waals surface area contributed by atoms with Gasteiger partial charge < -0.3 is 15.5 Å². The van der Waals surface area contributed by atoms with Gasteiger partial charge in [0.2, 0.25) is 5.91 Å². The number of carbonyl (C=O) groups excluding carboxylic acids is 1. The Morgan fingerprint density at radius 1 is 1.28 bits per heavy atom. The molecule has 18 heavy (non-hydrogen) atoms. The van der Waals surface area contributed by atoms with Gasteiger partial charge in [0, 0.05) is 25.2 Å². The summed E-state index contributed by atoms with van der Waals surface area (Å²) in [4.78, 5) is 14.4. The highest BCUT2D eigenvalue weighted by molar-refractivity contribution is 5.85. The number of nitrogens with one attached hydrogen (secondary N) is 2. The van der Waals surface area contributed by atoms with Crippen LogP contribution in [0.25, 0.3) is 0 Å². The lowest BCUT2D eigenvalue weighted by Crippen LogP contribution is -2.50. The van der Waals surface area contributed by atoms with Crippen molar-refractivity contribution in [2.45, 2.75) is 57.7 Å². The normalized spacial score (nSPS) is 26.1. The van der Waals surface area contributed by atoms with Gasteiger partial charge in [-0.05, 0) is 46.1 Å². The molecule has 0 saturated carbocycles. The molecular formula is C13H26ClN3O. The van der Waals surface area contributed by atoms with Gasteiger partial charge in [0.15, 0.2) is 0 Å². The monoisotopic (exact) mass is 275 g/mol. The Hall–Kier alpha value is -0.320. The Labute approximate surface area is 116 Å². The average Bonchev–Trinajstić information content (AvgIpc) is 2.83. The van der Waals surface area contributed by atoms with Crippen LogP contribution in [0.4, 0.5) is 0 Å². The number of carbonyl (C=O) groups is 1. The predicted molar refractivity (Wildman–Crippen MR) is 76.1 cm³/mol. The summed E-state index contributed by atoms with van der Waals surface area (Å²) in [6, 6.07) is 1.08. The lowest BCUT2D eigenvalue weighted by atomic mass is 10.0. The summed E-state index contributed by atoms with van der Waals surface area (Å²) in [6.45, 7) is 7.69. The van der Waals surface area contributed by atoms with Gasteiger partial charge in [0.05, 0.1) is 6.04 Å². The van der Waals surface area contributed by atoms with Gasteiger partial charge in [-0.3, -0.25) is 4.79 Å². The molecule has 4 nitrogen and oxygen atoms in total. The molecule has 0 aromatic heterocycles. The van der Waals surface area contributed by atoms with E-state index in [0.717, 1.165) is 45.3 Å². The molecule has 2 fully saturated rings. The van der Waals surface area contributed by atoms with Gasteiger partial charge >= 0.3 is 0 Å². The SMILES string of the molecule is CC(C)N1CCC(NC(=O)C2CCCN2)CC1.Cl. The van der Waals surface area contributed by atoms with Crippen molar-refractivity contribution in [3.8, 4) is 0 Å². The summed E-state index contributed by atoms with van der Waals surface area (Å²) in [5, 5.41) is 6.44. The Bertz CT molecular complexity index is 259. The molecule has 2 heterocycles. The standard InChI is InChI=1S/C13H25N3O.ClH/c1-10(2)16-8-5-11(6-9-16)15-13(17)12-4-3-7-14-12;/h10-12,14H,3-9H2,1-2H3,(H,15,17);1H. The molecule has 1 amide bonds. The molecule has 0 aromatic rings. The quantitative estimate of drug-likeness (QED) is 0.812. The Morgan fingerprint density at radius 3 is 2.44 bits per heavy atom. The number of likely N-dealkylation sites (tertiary alicyclic amines) is 1. The number of halogens is 1. The van der Waals surface area contributed by atoms with E-state index in [1.54, 1.807) is 0 Å². The van der Waals surface area contributed by atoms with Crippen LogP contribution in [0.15, 0.2) is 0 Å². The number of hydrogen-bond acceptors (Lipinski definition) is 3. The van der Waals surface area contributed by atoms with E-state index in [9.17, 15) is 4.79 Å². The molecule has 2 saturated heterocycles. The summed E-state index contributed by atoms with van der Waals surface area (Å²) >= 11 is 0. The van der Waals surface area contributed by atoms with Crippen LogP contribution >= 0.6 is 12.4 Å².